The molecule has 0 saturated carbocycles. The van der Waals surface area contributed by atoms with Gasteiger partial charge in [0, 0.05) is 18.6 Å². The number of nitrogens with one attached hydrogen (secondary N) is 2. The molecule has 0 aromatic carbocycles. The molecular weight excluding hydrogens is 206 g/mol. The van der Waals surface area contributed by atoms with Crippen molar-refractivity contribution in [3.8, 4) is 0 Å². The van der Waals surface area contributed by atoms with E-state index in [9.17, 15) is 9.59 Å². The van der Waals surface area contributed by atoms with Crippen molar-refractivity contribution in [3.05, 3.63) is 0 Å². The monoisotopic (exact) mass is 227 g/mol. The standard InChI is InChI=1S/C11H21N3O2/c1-10(2,3)12-6-7-14-8(15)11(4,5)13-9(14)16/h12H,6-7H2,1-5H3,(H,13,16). The highest BCUT2D eigenvalue weighted by Gasteiger charge is 2.43. The van der Waals surface area contributed by atoms with E-state index in [1.54, 1.807) is 13.8 Å². The normalized spacial score (nSPS) is 20.2. The fourth-order valence-corrected chi connectivity index (χ4v) is 1.56. The molecule has 2 N–H and O–H groups in total. The first-order valence-electron chi connectivity index (χ1n) is 5.53. The van der Waals surface area contributed by atoms with Crippen molar-refractivity contribution in [2.45, 2.75) is 45.7 Å². The third-order valence-corrected chi connectivity index (χ3v) is 2.44. The highest BCUT2D eigenvalue weighted by Crippen LogP contribution is 2.15. The molecule has 0 atom stereocenters. The van der Waals surface area contributed by atoms with Crippen LogP contribution in [-0.4, -0.2) is 41.0 Å². The maximum absolute atomic E-state index is 11.8. The van der Waals surface area contributed by atoms with Crippen LogP contribution in [0.1, 0.15) is 34.6 Å². The van der Waals surface area contributed by atoms with Crippen molar-refractivity contribution >= 4 is 11.9 Å². The summed E-state index contributed by atoms with van der Waals surface area (Å²) in [5, 5.41) is 5.89. The summed E-state index contributed by atoms with van der Waals surface area (Å²) in [4.78, 5) is 24.6. The van der Waals surface area contributed by atoms with E-state index in [4.69, 9.17) is 0 Å². The number of imide groups is 1. The first-order valence-corrected chi connectivity index (χ1v) is 5.53. The van der Waals surface area contributed by atoms with E-state index >= 15 is 0 Å². The molecule has 0 unspecified atom stereocenters. The molecule has 1 fully saturated rings. The van der Waals surface area contributed by atoms with Crippen LogP contribution in [0.3, 0.4) is 0 Å². The highest BCUT2D eigenvalue weighted by molar-refractivity contribution is 6.06. The van der Waals surface area contributed by atoms with Crippen molar-refractivity contribution in [2.24, 2.45) is 0 Å². The molecule has 0 bridgehead atoms. The molecule has 0 radical (unpaired) electrons. The molecule has 1 rings (SSSR count). The van der Waals surface area contributed by atoms with E-state index in [-0.39, 0.29) is 17.5 Å². The summed E-state index contributed by atoms with van der Waals surface area (Å²) in [6.45, 7) is 10.6. The Labute approximate surface area is 96.6 Å². The first-order chi connectivity index (χ1) is 7.13. The second kappa shape index (κ2) is 4.05. The van der Waals surface area contributed by atoms with Gasteiger partial charge in [0.15, 0.2) is 0 Å². The van der Waals surface area contributed by atoms with Crippen LogP contribution in [-0.2, 0) is 4.79 Å². The summed E-state index contributed by atoms with van der Waals surface area (Å²) in [6, 6.07) is -0.300. The zero-order valence-electron chi connectivity index (χ0n) is 10.7. The number of urea groups is 1. The lowest BCUT2D eigenvalue weighted by molar-refractivity contribution is -0.130. The number of rotatable bonds is 3. The SMILES string of the molecule is CC(C)(C)NCCN1C(=O)NC(C)(C)C1=O. The Morgan fingerprint density at radius 1 is 1.31 bits per heavy atom. The van der Waals surface area contributed by atoms with Crippen LogP contribution in [0.25, 0.3) is 0 Å². The van der Waals surface area contributed by atoms with E-state index in [0.29, 0.717) is 13.1 Å². The van der Waals surface area contributed by atoms with Gasteiger partial charge in [0.2, 0.25) is 0 Å². The van der Waals surface area contributed by atoms with Gasteiger partial charge in [0.05, 0.1) is 0 Å². The van der Waals surface area contributed by atoms with Gasteiger partial charge in [0.25, 0.3) is 5.91 Å². The Balaban J connectivity index is 2.50. The molecule has 0 aromatic heterocycles. The van der Waals surface area contributed by atoms with Crippen LogP contribution in [0.5, 0.6) is 0 Å². The molecule has 0 aromatic rings. The second-order valence-corrected chi connectivity index (χ2v) is 5.69. The molecule has 1 saturated heterocycles. The second-order valence-electron chi connectivity index (χ2n) is 5.69. The van der Waals surface area contributed by atoms with Gasteiger partial charge in [-0.05, 0) is 34.6 Å². The van der Waals surface area contributed by atoms with Gasteiger partial charge in [-0.1, -0.05) is 0 Å². The van der Waals surface area contributed by atoms with Crippen LogP contribution in [0, 0.1) is 0 Å². The van der Waals surface area contributed by atoms with Crippen molar-refractivity contribution in [1.82, 2.24) is 15.5 Å². The molecule has 92 valence electrons. The van der Waals surface area contributed by atoms with Gasteiger partial charge in [-0.2, -0.15) is 0 Å². The minimum Gasteiger partial charge on any atom is -0.324 e. The molecule has 5 nitrogen and oxygen atoms in total. The number of nitrogens with zero attached hydrogens (tertiary/aromatic N) is 1. The van der Waals surface area contributed by atoms with Gasteiger partial charge in [-0.15, -0.1) is 0 Å². The topological polar surface area (TPSA) is 61.4 Å². The largest absolute Gasteiger partial charge is 0.325 e. The lowest BCUT2D eigenvalue weighted by atomic mass is 10.1. The Kier molecular flexibility index (Phi) is 3.28. The Morgan fingerprint density at radius 3 is 2.25 bits per heavy atom. The van der Waals surface area contributed by atoms with Gasteiger partial charge in [-0.3, -0.25) is 9.69 Å². The summed E-state index contributed by atoms with van der Waals surface area (Å²) >= 11 is 0. The smallest absolute Gasteiger partial charge is 0.324 e. The average Bonchev–Trinajstić information content (AvgIpc) is 2.25. The van der Waals surface area contributed by atoms with Crippen LogP contribution >= 0.6 is 0 Å². The molecule has 0 aliphatic carbocycles. The number of hydrogen-bond acceptors (Lipinski definition) is 3. The zero-order chi connectivity index (χ0) is 12.6. The minimum atomic E-state index is -0.765. The highest BCUT2D eigenvalue weighted by atomic mass is 16.2. The van der Waals surface area contributed by atoms with Crippen LogP contribution < -0.4 is 10.6 Å². The first kappa shape index (κ1) is 13.0. The summed E-state index contributed by atoms with van der Waals surface area (Å²) in [6.07, 6.45) is 0. The Hall–Kier alpha value is -1.10. The number of carbonyl (C=O) groups is 2. The summed E-state index contributed by atoms with van der Waals surface area (Å²) in [5.74, 6) is -0.159. The number of hydrogen-bond donors (Lipinski definition) is 2. The predicted molar refractivity (Wildman–Crippen MR) is 62.1 cm³/mol. The van der Waals surface area contributed by atoms with Crippen molar-refractivity contribution in [3.63, 3.8) is 0 Å². The maximum Gasteiger partial charge on any atom is 0.325 e. The third-order valence-electron chi connectivity index (χ3n) is 2.44. The zero-order valence-corrected chi connectivity index (χ0v) is 10.7. The van der Waals surface area contributed by atoms with E-state index < -0.39 is 5.54 Å². The molecule has 0 spiro atoms. The molecule has 5 heteroatoms. The van der Waals surface area contributed by atoms with Gasteiger partial charge >= 0.3 is 6.03 Å². The molecule has 1 aliphatic rings. The Morgan fingerprint density at radius 2 is 1.88 bits per heavy atom. The van der Waals surface area contributed by atoms with E-state index in [0.717, 1.165) is 0 Å². The van der Waals surface area contributed by atoms with Crippen LogP contribution in [0.4, 0.5) is 4.79 Å². The molecule has 16 heavy (non-hydrogen) atoms. The van der Waals surface area contributed by atoms with Crippen LogP contribution in [0.15, 0.2) is 0 Å². The fraction of sp³-hybridized carbons (Fsp3) is 0.818. The average molecular weight is 227 g/mol. The van der Waals surface area contributed by atoms with Gasteiger partial charge in [-0.25, -0.2) is 4.79 Å². The third kappa shape index (κ3) is 2.95. The summed E-state index contributed by atoms with van der Waals surface area (Å²) in [7, 11) is 0. The number of amides is 3. The molecule has 1 heterocycles. The summed E-state index contributed by atoms with van der Waals surface area (Å²) < 4.78 is 0. The van der Waals surface area contributed by atoms with E-state index in [1.165, 1.54) is 4.90 Å². The molecule has 1 aliphatic heterocycles. The van der Waals surface area contributed by atoms with Crippen molar-refractivity contribution < 1.29 is 9.59 Å². The van der Waals surface area contributed by atoms with Crippen LogP contribution in [0.2, 0.25) is 0 Å². The molecular formula is C11H21N3O2. The quantitative estimate of drug-likeness (QED) is 0.698. The van der Waals surface area contributed by atoms with Gasteiger partial charge in [0.1, 0.15) is 5.54 Å². The van der Waals surface area contributed by atoms with Crippen molar-refractivity contribution in [1.29, 1.82) is 0 Å². The molecule has 3 amide bonds. The van der Waals surface area contributed by atoms with E-state index in [1.807, 2.05) is 20.8 Å². The Bertz CT molecular complexity index is 305. The maximum atomic E-state index is 11.8. The number of carbonyl (C=O) groups excluding carboxylic acids is 2. The predicted octanol–water partition coefficient (Wildman–Crippen LogP) is 0.705. The lowest BCUT2D eigenvalue weighted by Crippen LogP contribution is -2.44. The lowest BCUT2D eigenvalue weighted by Gasteiger charge is -2.22. The fourth-order valence-electron chi connectivity index (χ4n) is 1.56. The van der Waals surface area contributed by atoms with E-state index in [2.05, 4.69) is 10.6 Å². The summed E-state index contributed by atoms with van der Waals surface area (Å²) in [5.41, 5.74) is -0.770. The van der Waals surface area contributed by atoms with Gasteiger partial charge < -0.3 is 10.6 Å². The van der Waals surface area contributed by atoms with Crippen molar-refractivity contribution in [2.75, 3.05) is 13.1 Å². The minimum absolute atomic E-state index is 0.00519.